The summed E-state index contributed by atoms with van der Waals surface area (Å²) in [5, 5.41) is 0. The maximum absolute atomic E-state index is 12.0. The predicted molar refractivity (Wildman–Crippen MR) is 72.6 cm³/mol. The Hall–Kier alpha value is -1.51. The third kappa shape index (κ3) is 2.84. The summed E-state index contributed by atoms with van der Waals surface area (Å²) < 4.78 is 5.33. The second-order valence-electron chi connectivity index (χ2n) is 5.23. The lowest BCUT2D eigenvalue weighted by Crippen LogP contribution is -2.16. The van der Waals surface area contributed by atoms with E-state index in [-0.39, 0.29) is 5.97 Å². The minimum absolute atomic E-state index is 0.248. The first kappa shape index (κ1) is 12.9. The molecule has 1 aliphatic carbocycles. The molecule has 3 nitrogen and oxygen atoms in total. The summed E-state index contributed by atoms with van der Waals surface area (Å²) in [5.41, 5.74) is 8.96. The van der Waals surface area contributed by atoms with Crippen LogP contribution in [0.4, 0.5) is 5.69 Å². The second-order valence-corrected chi connectivity index (χ2v) is 5.23. The molecule has 1 aromatic rings. The van der Waals surface area contributed by atoms with E-state index in [2.05, 4.69) is 0 Å². The van der Waals surface area contributed by atoms with E-state index < -0.39 is 0 Å². The molecule has 3 heteroatoms. The van der Waals surface area contributed by atoms with Crippen molar-refractivity contribution in [3.63, 3.8) is 0 Å². The normalized spacial score (nSPS) is 15.2. The van der Waals surface area contributed by atoms with E-state index in [1.807, 2.05) is 19.9 Å². The zero-order valence-corrected chi connectivity index (χ0v) is 11.2. The predicted octanol–water partition coefficient (Wildman–Crippen LogP) is 3.23. The minimum Gasteiger partial charge on any atom is -0.462 e. The SMILES string of the molecule is Cc1cc(N)cc(C(=O)OCCC2CCC2)c1C. The van der Waals surface area contributed by atoms with Gasteiger partial charge in [-0.3, -0.25) is 0 Å². The molecule has 0 radical (unpaired) electrons. The number of hydrogen-bond donors (Lipinski definition) is 1. The van der Waals surface area contributed by atoms with Crippen LogP contribution in [0.5, 0.6) is 0 Å². The van der Waals surface area contributed by atoms with E-state index in [1.165, 1.54) is 19.3 Å². The van der Waals surface area contributed by atoms with Crippen molar-refractivity contribution in [1.82, 2.24) is 0 Å². The Balaban J connectivity index is 1.95. The second kappa shape index (κ2) is 5.42. The van der Waals surface area contributed by atoms with Gasteiger partial charge in [0.05, 0.1) is 12.2 Å². The maximum atomic E-state index is 12.0. The maximum Gasteiger partial charge on any atom is 0.338 e. The molecule has 0 heterocycles. The van der Waals surface area contributed by atoms with E-state index in [0.29, 0.717) is 17.9 Å². The molecule has 0 aliphatic heterocycles. The number of hydrogen-bond acceptors (Lipinski definition) is 3. The van der Waals surface area contributed by atoms with Gasteiger partial charge < -0.3 is 10.5 Å². The number of carbonyl (C=O) groups excluding carboxylic acids is 1. The van der Waals surface area contributed by atoms with Crippen molar-refractivity contribution in [2.45, 2.75) is 39.5 Å². The smallest absolute Gasteiger partial charge is 0.338 e. The molecular formula is C15H21NO2. The number of anilines is 1. The lowest BCUT2D eigenvalue weighted by Gasteiger charge is -2.24. The van der Waals surface area contributed by atoms with Gasteiger partial charge >= 0.3 is 5.97 Å². The molecule has 0 aromatic heterocycles. The minimum atomic E-state index is -0.248. The van der Waals surface area contributed by atoms with Crippen molar-refractivity contribution >= 4 is 11.7 Å². The number of nitrogen functional groups attached to an aromatic ring is 1. The number of carbonyl (C=O) groups is 1. The van der Waals surface area contributed by atoms with Crippen LogP contribution in [-0.4, -0.2) is 12.6 Å². The van der Waals surface area contributed by atoms with Crippen molar-refractivity contribution in [1.29, 1.82) is 0 Å². The van der Waals surface area contributed by atoms with Crippen LogP contribution >= 0.6 is 0 Å². The number of ether oxygens (including phenoxy) is 1. The third-order valence-corrected chi connectivity index (χ3v) is 3.89. The molecule has 1 aliphatic rings. The first-order chi connectivity index (χ1) is 8.58. The summed E-state index contributed by atoms with van der Waals surface area (Å²) >= 11 is 0. The molecule has 0 amide bonds. The number of rotatable bonds is 4. The number of nitrogens with two attached hydrogens (primary N) is 1. The standard InChI is InChI=1S/C15H21NO2/c1-10-8-13(16)9-14(11(10)2)15(17)18-7-6-12-4-3-5-12/h8-9,12H,3-7,16H2,1-2H3. The van der Waals surface area contributed by atoms with Gasteiger partial charge in [0.2, 0.25) is 0 Å². The Labute approximate surface area is 108 Å². The van der Waals surface area contributed by atoms with Crippen molar-refractivity contribution in [3.8, 4) is 0 Å². The molecule has 0 saturated heterocycles. The number of benzene rings is 1. The Bertz CT molecular complexity index is 450. The van der Waals surface area contributed by atoms with Crippen LogP contribution in [0.3, 0.4) is 0 Å². The van der Waals surface area contributed by atoms with E-state index in [0.717, 1.165) is 23.5 Å². The number of esters is 1. The molecule has 18 heavy (non-hydrogen) atoms. The average molecular weight is 247 g/mol. The van der Waals surface area contributed by atoms with Gasteiger partial charge in [0.25, 0.3) is 0 Å². The lowest BCUT2D eigenvalue weighted by atomic mass is 9.83. The highest BCUT2D eigenvalue weighted by Crippen LogP contribution is 2.29. The topological polar surface area (TPSA) is 52.3 Å². The van der Waals surface area contributed by atoms with Crippen LogP contribution in [0.25, 0.3) is 0 Å². The molecule has 1 aromatic carbocycles. The molecule has 98 valence electrons. The van der Waals surface area contributed by atoms with Crippen molar-refractivity contribution in [2.75, 3.05) is 12.3 Å². The van der Waals surface area contributed by atoms with Crippen molar-refractivity contribution in [3.05, 3.63) is 28.8 Å². The number of aryl methyl sites for hydroxylation is 1. The molecule has 1 fully saturated rings. The quantitative estimate of drug-likeness (QED) is 0.656. The molecule has 2 rings (SSSR count). The van der Waals surface area contributed by atoms with E-state index >= 15 is 0 Å². The monoisotopic (exact) mass is 247 g/mol. The van der Waals surface area contributed by atoms with Gasteiger partial charge in [0, 0.05) is 5.69 Å². The van der Waals surface area contributed by atoms with Crippen LogP contribution < -0.4 is 5.73 Å². The summed E-state index contributed by atoms with van der Waals surface area (Å²) in [5.74, 6) is 0.517. The molecule has 0 spiro atoms. The van der Waals surface area contributed by atoms with Crippen LogP contribution in [0.15, 0.2) is 12.1 Å². The fraction of sp³-hybridized carbons (Fsp3) is 0.533. The first-order valence-corrected chi connectivity index (χ1v) is 6.62. The van der Waals surface area contributed by atoms with Gasteiger partial charge in [-0.1, -0.05) is 19.3 Å². The zero-order chi connectivity index (χ0) is 13.1. The van der Waals surface area contributed by atoms with Gasteiger partial charge in [-0.15, -0.1) is 0 Å². The molecule has 0 unspecified atom stereocenters. The highest BCUT2D eigenvalue weighted by Gasteiger charge is 2.18. The van der Waals surface area contributed by atoms with Crippen LogP contribution in [0.1, 0.15) is 47.2 Å². The highest BCUT2D eigenvalue weighted by molar-refractivity contribution is 5.92. The molecule has 0 atom stereocenters. The van der Waals surface area contributed by atoms with Crippen LogP contribution in [0, 0.1) is 19.8 Å². The van der Waals surface area contributed by atoms with Gasteiger partial charge in [0.15, 0.2) is 0 Å². The van der Waals surface area contributed by atoms with Gasteiger partial charge in [0.1, 0.15) is 0 Å². The average Bonchev–Trinajstić information content (AvgIpc) is 2.26. The Morgan fingerprint density at radius 2 is 2.11 bits per heavy atom. The summed E-state index contributed by atoms with van der Waals surface area (Å²) in [6, 6.07) is 3.58. The third-order valence-electron chi connectivity index (χ3n) is 3.89. The fourth-order valence-electron chi connectivity index (χ4n) is 2.28. The van der Waals surface area contributed by atoms with Gasteiger partial charge in [-0.25, -0.2) is 4.79 Å². The van der Waals surface area contributed by atoms with Gasteiger partial charge in [-0.05, 0) is 49.4 Å². The summed E-state index contributed by atoms with van der Waals surface area (Å²) in [6.07, 6.45) is 4.89. The lowest BCUT2D eigenvalue weighted by molar-refractivity contribution is 0.0463. The molecule has 2 N–H and O–H groups in total. The van der Waals surface area contributed by atoms with E-state index in [9.17, 15) is 4.79 Å². The van der Waals surface area contributed by atoms with Crippen molar-refractivity contribution in [2.24, 2.45) is 5.92 Å². The van der Waals surface area contributed by atoms with E-state index in [1.54, 1.807) is 6.07 Å². The Morgan fingerprint density at radius 1 is 1.39 bits per heavy atom. The molecular weight excluding hydrogens is 226 g/mol. The summed E-state index contributed by atoms with van der Waals surface area (Å²) in [4.78, 5) is 12.0. The highest BCUT2D eigenvalue weighted by atomic mass is 16.5. The Kier molecular flexibility index (Phi) is 3.90. The largest absolute Gasteiger partial charge is 0.462 e. The summed E-state index contributed by atoms with van der Waals surface area (Å²) in [7, 11) is 0. The Morgan fingerprint density at radius 3 is 2.72 bits per heavy atom. The van der Waals surface area contributed by atoms with Crippen molar-refractivity contribution < 1.29 is 9.53 Å². The molecule has 1 saturated carbocycles. The summed E-state index contributed by atoms with van der Waals surface area (Å²) in [6.45, 7) is 4.41. The first-order valence-electron chi connectivity index (χ1n) is 6.62. The van der Waals surface area contributed by atoms with E-state index in [4.69, 9.17) is 10.5 Å². The fourth-order valence-corrected chi connectivity index (χ4v) is 2.28. The zero-order valence-electron chi connectivity index (χ0n) is 11.2. The van der Waals surface area contributed by atoms with Crippen LogP contribution in [0.2, 0.25) is 0 Å². The van der Waals surface area contributed by atoms with Crippen LogP contribution in [-0.2, 0) is 4.74 Å². The van der Waals surface area contributed by atoms with Gasteiger partial charge in [-0.2, -0.15) is 0 Å². The molecule has 0 bridgehead atoms.